The number of hydrogen-bond donors (Lipinski definition) is 2. The predicted molar refractivity (Wildman–Crippen MR) is 57.8 cm³/mol. The molecule has 0 saturated heterocycles. The summed E-state index contributed by atoms with van der Waals surface area (Å²) in [6.45, 7) is 0. The number of esters is 1. The minimum absolute atomic E-state index is 0.0165. The molecule has 0 heterocycles. The second-order valence-corrected chi connectivity index (χ2v) is 4.24. The van der Waals surface area contributed by atoms with Crippen LogP contribution in [-0.4, -0.2) is 29.2 Å². The van der Waals surface area contributed by atoms with Gasteiger partial charge in [0.25, 0.3) is 0 Å². The van der Waals surface area contributed by atoms with Crippen LogP contribution >= 0.6 is 0 Å². The molecule has 1 saturated carbocycles. The van der Waals surface area contributed by atoms with Gasteiger partial charge in [0.15, 0.2) is 0 Å². The first-order chi connectivity index (χ1) is 7.59. The number of carbonyl (C=O) groups is 2. The molecule has 0 spiro atoms. The van der Waals surface area contributed by atoms with Gasteiger partial charge in [0.05, 0.1) is 0 Å². The van der Waals surface area contributed by atoms with Crippen LogP contribution in [0.2, 0.25) is 0 Å². The molecule has 1 fully saturated rings. The third kappa shape index (κ3) is 4.61. The molecular formula is C11H19NO4. The van der Waals surface area contributed by atoms with Gasteiger partial charge >= 0.3 is 11.9 Å². The summed E-state index contributed by atoms with van der Waals surface area (Å²) in [4.78, 5) is 21.8. The number of nitrogens with two attached hydrogens (primary N) is 1. The summed E-state index contributed by atoms with van der Waals surface area (Å²) in [5.74, 6) is -1.41. The van der Waals surface area contributed by atoms with Gasteiger partial charge in [0.2, 0.25) is 0 Å². The fourth-order valence-electron chi connectivity index (χ4n) is 1.83. The van der Waals surface area contributed by atoms with Gasteiger partial charge in [0, 0.05) is 6.42 Å². The lowest BCUT2D eigenvalue weighted by atomic mass is 9.98. The second-order valence-electron chi connectivity index (χ2n) is 4.24. The highest BCUT2D eigenvalue weighted by molar-refractivity contribution is 5.76. The summed E-state index contributed by atoms with van der Waals surface area (Å²) >= 11 is 0. The lowest BCUT2D eigenvalue weighted by molar-refractivity contribution is -0.152. The normalized spacial score (nSPS) is 19.1. The number of carboxylic acids is 1. The lowest BCUT2D eigenvalue weighted by Gasteiger charge is -2.23. The van der Waals surface area contributed by atoms with Crippen molar-refractivity contribution in [1.29, 1.82) is 0 Å². The maximum absolute atomic E-state index is 11.5. The Morgan fingerprint density at radius 2 is 1.94 bits per heavy atom. The molecule has 0 aromatic heterocycles. The summed E-state index contributed by atoms with van der Waals surface area (Å²) < 4.78 is 5.23. The zero-order chi connectivity index (χ0) is 12.0. The summed E-state index contributed by atoms with van der Waals surface area (Å²) in [7, 11) is 0. The van der Waals surface area contributed by atoms with E-state index in [-0.39, 0.29) is 18.9 Å². The van der Waals surface area contributed by atoms with Crippen LogP contribution in [0.1, 0.15) is 44.9 Å². The molecule has 0 aromatic rings. The van der Waals surface area contributed by atoms with Gasteiger partial charge in [-0.05, 0) is 32.1 Å². The minimum Gasteiger partial charge on any atom is -0.481 e. The van der Waals surface area contributed by atoms with Crippen molar-refractivity contribution >= 4 is 11.9 Å². The molecule has 0 aliphatic heterocycles. The largest absolute Gasteiger partial charge is 0.481 e. The van der Waals surface area contributed by atoms with Crippen molar-refractivity contribution in [2.45, 2.75) is 57.1 Å². The number of aliphatic carboxylic acids is 1. The van der Waals surface area contributed by atoms with Crippen LogP contribution < -0.4 is 5.73 Å². The van der Waals surface area contributed by atoms with Gasteiger partial charge in [-0.1, -0.05) is 6.42 Å². The molecule has 0 radical (unpaired) electrons. The van der Waals surface area contributed by atoms with E-state index in [1.807, 2.05) is 0 Å². The molecule has 0 bridgehead atoms. The smallest absolute Gasteiger partial charge is 0.323 e. The van der Waals surface area contributed by atoms with E-state index < -0.39 is 18.0 Å². The summed E-state index contributed by atoms with van der Waals surface area (Å²) in [5.41, 5.74) is 5.54. The Kier molecular flexibility index (Phi) is 5.25. The monoisotopic (exact) mass is 229 g/mol. The van der Waals surface area contributed by atoms with Crippen molar-refractivity contribution in [1.82, 2.24) is 0 Å². The topological polar surface area (TPSA) is 89.6 Å². The number of carbonyl (C=O) groups excluding carboxylic acids is 1. The van der Waals surface area contributed by atoms with Crippen molar-refractivity contribution in [2.75, 3.05) is 0 Å². The zero-order valence-electron chi connectivity index (χ0n) is 9.35. The molecule has 1 aliphatic carbocycles. The Morgan fingerprint density at radius 3 is 2.50 bits per heavy atom. The molecule has 1 rings (SSSR count). The van der Waals surface area contributed by atoms with E-state index in [9.17, 15) is 9.59 Å². The summed E-state index contributed by atoms with van der Waals surface area (Å²) in [5, 5.41) is 8.46. The SMILES string of the molecule is N[C@H](CCC(=O)O)C(=O)OC1CCCCC1. The predicted octanol–water partition coefficient (Wildman–Crippen LogP) is 1.05. The highest BCUT2D eigenvalue weighted by Gasteiger charge is 2.22. The van der Waals surface area contributed by atoms with E-state index in [0.717, 1.165) is 25.7 Å². The first-order valence-corrected chi connectivity index (χ1v) is 5.77. The van der Waals surface area contributed by atoms with Gasteiger partial charge in [0.1, 0.15) is 12.1 Å². The molecule has 92 valence electrons. The molecule has 16 heavy (non-hydrogen) atoms. The Balaban J connectivity index is 2.24. The highest BCUT2D eigenvalue weighted by Crippen LogP contribution is 2.20. The number of rotatable bonds is 5. The van der Waals surface area contributed by atoms with Crippen LogP contribution in [0.4, 0.5) is 0 Å². The number of hydrogen-bond acceptors (Lipinski definition) is 4. The van der Waals surface area contributed by atoms with Gasteiger partial charge in [-0.3, -0.25) is 9.59 Å². The fraction of sp³-hybridized carbons (Fsp3) is 0.818. The molecule has 5 nitrogen and oxygen atoms in total. The summed E-state index contributed by atoms with van der Waals surface area (Å²) in [6.07, 6.45) is 5.19. The van der Waals surface area contributed by atoms with Gasteiger partial charge in [-0.25, -0.2) is 0 Å². The minimum atomic E-state index is -0.944. The van der Waals surface area contributed by atoms with Crippen molar-refractivity contribution in [2.24, 2.45) is 5.73 Å². The molecule has 1 atom stereocenters. The molecule has 1 aliphatic rings. The standard InChI is InChI=1S/C11H19NO4/c12-9(6-7-10(13)14)11(15)16-8-4-2-1-3-5-8/h8-9H,1-7,12H2,(H,13,14)/t9-/m1/s1. The third-order valence-electron chi connectivity index (χ3n) is 2.81. The Hall–Kier alpha value is -1.10. The first kappa shape index (κ1) is 13.0. The lowest BCUT2D eigenvalue weighted by Crippen LogP contribution is -2.36. The van der Waals surface area contributed by atoms with Gasteiger partial charge < -0.3 is 15.6 Å². The molecule has 0 unspecified atom stereocenters. The van der Waals surface area contributed by atoms with Crippen LogP contribution in [0.15, 0.2) is 0 Å². The van der Waals surface area contributed by atoms with Crippen LogP contribution in [0.3, 0.4) is 0 Å². The Bertz CT molecular complexity index is 248. The van der Waals surface area contributed by atoms with Crippen LogP contribution in [0.5, 0.6) is 0 Å². The van der Waals surface area contributed by atoms with E-state index in [1.165, 1.54) is 6.42 Å². The van der Waals surface area contributed by atoms with E-state index in [2.05, 4.69) is 0 Å². The second kappa shape index (κ2) is 6.48. The molecule has 3 N–H and O–H groups in total. The maximum atomic E-state index is 11.5. The highest BCUT2D eigenvalue weighted by atomic mass is 16.5. The van der Waals surface area contributed by atoms with E-state index in [4.69, 9.17) is 15.6 Å². The maximum Gasteiger partial charge on any atom is 0.323 e. The quantitative estimate of drug-likeness (QED) is 0.688. The van der Waals surface area contributed by atoms with Crippen LogP contribution in [0.25, 0.3) is 0 Å². The van der Waals surface area contributed by atoms with Crippen molar-refractivity contribution in [3.8, 4) is 0 Å². The van der Waals surface area contributed by atoms with Crippen LogP contribution in [0, 0.1) is 0 Å². The average Bonchev–Trinajstić information content (AvgIpc) is 2.27. The fourth-order valence-corrected chi connectivity index (χ4v) is 1.83. The molecule has 0 amide bonds. The van der Waals surface area contributed by atoms with Crippen molar-refractivity contribution < 1.29 is 19.4 Å². The van der Waals surface area contributed by atoms with E-state index in [0.29, 0.717) is 0 Å². The molecular weight excluding hydrogens is 210 g/mol. The van der Waals surface area contributed by atoms with Crippen LogP contribution in [-0.2, 0) is 14.3 Å². The zero-order valence-corrected chi connectivity index (χ0v) is 9.35. The van der Waals surface area contributed by atoms with E-state index in [1.54, 1.807) is 0 Å². The van der Waals surface area contributed by atoms with E-state index >= 15 is 0 Å². The number of ether oxygens (including phenoxy) is 1. The summed E-state index contributed by atoms with van der Waals surface area (Å²) in [6, 6.07) is -0.807. The van der Waals surface area contributed by atoms with Crippen molar-refractivity contribution in [3.63, 3.8) is 0 Å². The Labute approximate surface area is 95.0 Å². The molecule has 5 heteroatoms. The Morgan fingerprint density at radius 1 is 1.31 bits per heavy atom. The first-order valence-electron chi connectivity index (χ1n) is 5.77. The van der Waals surface area contributed by atoms with Gasteiger partial charge in [-0.15, -0.1) is 0 Å². The van der Waals surface area contributed by atoms with Crippen molar-refractivity contribution in [3.05, 3.63) is 0 Å². The molecule has 0 aromatic carbocycles. The van der Waals surface area contributed by atoms with Gasteiger partial charge in [-0.2, -0.15) is 0 Å². The number of carboxylic acid groups (broad SMARTS) is 1. The average molecular weight is 229 g/mol. The third-order valence-corrected chi connectivity index (χ3v) is 2.81.